The number of nitrogens with zero attached hydrogens (tertiary/aromatic N) is 6. The SMILES string of the molecule is CC(C)n1cc(C#CC2=CNC(N)(c3ccnc(-c4cnn(S(=O)(=O)C5CC5)c4)n3)C=C2N)cn1. The van der Waals surface area contributed by atoms with Gasteiger partial charge in [-0.25, -0.2) is 18.4 Å². The van der Waals surface area contributed by atoms with Crippen LogP contribution in [0.15, 0.2) is 60.6 Å². The monoisotopic (exact) mass is 491 g/mol. The van der Waals surface area contributed by atoms with Gasteiger partial charge in [0.1, 0.15) is 0 Å². The molecule has 5 N–H and O–H groups in total. The van der Waals surface area contributed by atoms with Crippen molar-refractivity contribution in [1.29, 1.82) is 0 Å². The zero-order valence-corrected chi connectivity index (χ0v) is 20.1. The maximum atomic E-state index is 12.4. The van der Waals surface area contributed by atoms with Crippen LogP contribution in [0.25, 0.3) is 11.4 Å². The first-order valence-electron chi connectivity index (χ1n) is 11.1. The Morgan fingerprint density at radius 1 is 1.20 bits per heavy atom. The number of allylic oxidation sites excluding steroid dienone is 1. The quantitative estimate of drug-likeness (QED) is 0.442. The number of aromatic nitrogens is 6. The fraction of sp³-hybridized carbons (Fsp3) is 0.304. The van der Waals surface area contributed by atoms with Crippen LogP contribution in [0, 0.1) is 11.8 Å². The number of nitrogens with two attached hydrogens (primary N) is 2. The largest absolute Gasteiger partial charge is 0.398 e. The molecule has 1 aliphatic heterocycles. The zero-order chi connectivity index (χ0) is 24.8. The summed E-state index contributed by atoms with van der Waals surface area (Å²) in [6, 6.07) is 1.91. The maximum Gasteiger partial charge on any atom is 0.256 e. The molecule has 0 spiro atoms. The first-order valence-corrected chi connectivity index (χ1v) is 12.6. The lowest BCUT2D eigenvalue weighted by molar-refractivity contribution is 0.472. The molecular formula is C23H25N9O2S. The second-order valence-electron chi connectivity index (χ2n) is 8.84. The van der Waals surface area contributed by atoms with Crippen LogP contribution in [0.5, 0.6) is 0 Å². The van der Waals surface area contributed by atoms with E-state index in [4.69, 9.17) is 11.5 Å². The van der Waals surface area contributed by atoms with Gasteiger partial charge in [0.05, 0.1) is 46.2 Å². The van der Waals surface area contributed by atoms with Crippen molar-refractivity contribution < 1.29 is 8.42 Å². The molecule has 5 rings (SSSR count). The molecule has 0 amide bonds. The summed E-state index contributed by atoms with van der Waals surface area (Å²) in [7, 11) is -3.48. The first-order chi connectivity index (χ1) is 16.7. The van der Waals surface area contributed by atoms with Crippen molar-refractivity contribution in [2.45, 2.75) is 43.6 Å². The minimum atomic E-state index is -3.48. The van der Waals surface area contributed by atoms with Gasteiger partial charge in [-0.15, -0.1) is 0 Å². The van der Waals surface area contributed by atoms with Crippen molar-refractivity contribution in [3.05, 3.63) is 71.9 Å². The highest BCUT2D eigenvalue weighted by atomic mass is 32.2. The van der Waals surface area contributed by atoms with E-state index in [1.54, 1.807) is 30.7 Å². The fourth-order valence-corrected chi connectivity index (χ4v) is 5.00. The molecule has 1 fully saturated rings. The Morgan fingerprint density at radius 2 is 2.00 bits per heavy atom. The molecule has 0 aromatic carbocycles. The first kappa shape index (κ1) is 22.8. The van der Waals surface area contributed by atoms with E-state index in [2.05, 4.69) is 37.3 Å². The lowest BCUT2D eigenvalue weighted by Crippen LogP contribution is -2.49. The van der Waals surface area contributed by atoms with Crippen LogP contribution in [-0.2, 0) is 15.7 Å². The van der Waals surface area contributed by atoms with Crippen molar-refractivity contribution in [3.63, 3.8) is 0 Å². The summed E-state index contributed by atoms with van der Waals surface area (Å²) in [5, 5.41) is 11.0. The van der Waals surface area contributed by atoms with Crippen LogP contribution in [0.4, 0.5) is 0 Å². The third-order valence-electron chi connectivity index (χ3n) is 5.73. The highest BCUT2D eigenvalue weighted by Gasteiger charge is 2.38. The Hall–Kier alpha value is -3.95. The van der Waals surface area contributed by atoms with Crippen LogP contribution < -0.4 is 16.8 Å². The van der Waals surface area contributed by atoms with Gasteiger partial charge in [-0.1, -0.05) is 11.8 Å². The fourth-order valence-electron chi connectivity index (χ4n) is 3.53. The smallest absolute Gasteiger partial charge is 0.256 e. The highest BCUT2D eigenvalue weighted by molar-refractivity contribution is 7.90. The average molecular weight is 492 g/mol. The molecule has 0 saturated heterocycles. The number of rotatable bonds is 5. The molecule has 1 atom stereocenters. The van der Waals surface area contributed by atoms with E-state index in [1.165, 1.54) is 12.4 Å². The molecule has 3 aromatic rings. The van der Waals surface area contributed by atoms with Crippen molar-refractivity contribution >= 4 is 10.0 Å². The lowest BCUT2D eigenvalue weighted by Gasteiger charge is -2.30. The summed E-state index contributed by atoms with van der Waals surface area (Å²) in [4.78, 5) is 8.81. The third kappa shape index (κ3) is 4.43. The molecule has 35 heavy (non-hydrogen) atoms. The summed E-state index contributed by atoms with van der Waals surface area (Å²) >= 11 is 0. The van der Waals surface area contributed by atoms with Gasteiger partial charge in [-0.3, -0.25) is 4.68 Å². The molecule has 1 unspecified atom stereocenters. The van der Waals surface area contributed by atoms with E-state index in [0.29, 0.717) is 41.2 Å². The van der Waals surface area contributed by atoms with Crippen LogP contribution in [0.1, 0.15) is 44.0 Å². The third-order valence-corrected chi connectivity index (χ3v) is 7.76. The summed E-state index contributed by atoms with van der Waals surface area (Å²) in [5.74, 6) is 6.40. The standard InChI is InChI=1S/C23H25N9O2S/c1-15(2)31-13-16(10-28-31)3-4-17-11-27-23(25,9-20(17)24)21-7-8-26-22(30-21)18-12-29-32(14-18)35(33,34)19-5-6-19/h7-15,19,27H,5-6,24-25H2,1-2H3. The predicted molar refractivity (Wildman–Crippen MR) is 129 cm³/mol. The molecule has 1 aliphatic carbocycles. The summed E-state index contributed by atoms with van der Waals surface area (Å²) in [6.45, 7) is 4.08. The molecule has 12 heteroatoms. The average Bonchev–Trinajstić information content (AvgIpc) is 3.38. The molecule has 2 aliphatic rings. The highest BCUT2D eigenvalue weighted by Crippen LogP contribution is 2.30. The minimum absolute atomic E-state index is 0.249. The Kier molecular flexibility index (Phi) is 5.46. The number of dihydropyridines is 1. The molecule has 180 valence electrons. The van der Waals surface area contributed by atoms with Crippen LogP contribution >= 0.6 is 0 Å². The molecular weight excluding hydrogens is 466 g/mol. The van der Waals surface area contributed by atoms with Gasteiger partial charge in [-0.05, 0) is 38.8 Å². The molecule has 3 aromatic heterocycles. The van der Waals surface area contributed by atoms with Crippen LogP contribution in [0.2, 0.25) is 0 Å². The van der Waals surface area contributed by atoms with E-state index in [1.807, 2.05) is 24.7 Å². The molecule has 11 nitrogen and oxygen atoms in total. The Labute approximate surface area is 203 Å². The Balaban J connectivity index is 1.37. The second kappa shape index (κ2) is 8.37. The maximum absolute atomic E-state index is 12.4. The van der Waals surface area contributed by atoms with Gasteiger partial charge in [-0.2, -0.15) is 14.3 Å². The van der Waals surface area contributed by atoms with Crippen molar-refractivity contribution in [3.8, 4) is 23.2 Å². The van der Waals surface area contributed by atoms with E-state index >= 15 is 0 Å². The number of nitrogens with one attached hydrogen (secondary N) is 1. The van der Waals surface area contributed by atoms with Gasteiger partial charge in [0.15, 0.2) is 11.5 Å². The van der Waals surface area contributed by atoms with Gasteiger partial charge in [0, 0.05) is 30.3 Å². The van der Waals surface area contributed by atoms with Crippen LogP contribution in [0.3, 0.4) is 0 Å². The summed E-state index contributed by atoms with van der Waals surface area (Å²) in [5.41, 5.74) is 14.3. The second-order valence-corrected chi connectivity index (χ2v) is 10.9. The molecule has 0 bridgehead atoms. The Bertz CT molecular complexity index is 1520. The summed E-state index contributed by atoms with van der Waals surface area (Å²) < 4.78 is 27.7. The van der Waals surface area contributed by atoms with Gasteiger partial charge in [0.25, 0.3) is 10.0 Å². The van der Waals surface area contributed by atoms with E-state index < -0.39 is 15.7 Å². The summed E-state index contributed by atoms with van der Waals surface area (Å²) in [6.07, 6.45) is 12.6. The number of hydrogen-bond donors (Lipinski definition) is 3. The molecule has 4 heterocycles. The van der Waals surface area contributed by atoms with E-state index in [0.717, 1.165) is 9.65 Å². The van der Waals surface area contributed by atoms with Crippen molar-refractivity contribution in [1.82, 2.24) is 34.3 Å². The minimum Gasteiger partial charge on any atom is -0.398 e. The predicted octanol–water partition coefficient (Wildman–Crippen LogP) is 0.951. The van der Waals surface area contributed by atoms with Crippen molar-refractivity contribution in [2.75, 3.05) is 0 Å². The van der Waals surface area contributed by atoms with Gasteiger partial charge >= 0.3 is 0 Å². The van der Waals surface area contributed by atoms with E-state index in [-0.39, 0.29) is 11.3 Å². The topological polar surface area (TPSA) is 160 Å². The van der Waals surface area contributed by atoms with Crippen molar-refractivity contribution in [2.24, 2.45) is 11.5 Å². The molecule has 0 radical (unpaired) electrons. The normalized spacial score (nSPS) is 20.0. The van der Waals surface area contributed by atoms with Gasteiger partial charge in [0.2, 0.25) is 0 Å². The Morgan fingerprint density at radius 3 is 2.69 bits per heavy atom. The molecule has 1 saturated carbocycles. The van der Waals surface area contributed by atoms with Crippen LogP contribution in [-0.4, -0.2) is 42.6 Å². The lowest BCUT2D eigenvalue weighted by atomic mass is 9.99. The van der Waals surface area contributed by atoms with E-state index in [9.17, 15) is 8.42 Å². The number of hydrogen-bond acceptors (Lipinski definition) is 9. The zero-order valence-electron chi connectivity index (χ0n) is 19.3. The van der Waals surface area contributed by atoms with Gasteiger partial charge < -0.3 is 16.8 Å².